The van der Waals surface area contributed by atoms with Crippen molar-refractivity contribution in [1.82, 2.24) is 10.2 Å². The van der Waals surface area contributed by atoms with Crippen LogP contribution in [0.25, 0.3) is 0 Å². The first kappa shape index (κ1) is 12.6. The van der Waals surface area contributed by atoms with Gasteiger partial charge in [-0.15, -0.1) is 23.2 Å². The molecule has 1 rings (SSSR count). The number of nitrogens with one attached hydrogen (secondary N) is 1. The van der Waals surface area contributed by atoms with Gasteiger partial charge in [-0.2, -0.15) is 0 Å². The second kappa shape index (κ2) is 6.16. The first-order valence-corrected chi connectivity index (χ1v) is 6.36. The van der Waals surface area contributed by atoms with Crippen molar-refractivity contribution in [3.8, 4) is 0 Å². The molecule has 0 spiro atoms. The Hall–Kier alpha value is 0.500. The van der Waals surface area contributed by atoms with E-state index in [4.69, 9.17) is 23.2 Å². The monoisotopic (exact) mass is 238 g/mol. The van der Waals surface area contributed by atoms with Crippen LogP contribution in [-0.4, -0.2) is 48.4 Å². The van der Waals surface area contributed by atoms with Crippen LogP contribution in [0, 0.1) is 0 Å². The molecule has 14 heavy (non-hydrogen) atoms. The van der Waals surface area contributed by atoms with E-state index in [9.17, 15) is 0 Å². The normalized spacial score (nSPS) is 19.1. The molecule has 0 saturated carbocycles. The number of nitrogens with zero attached hydrogens (tertiary/aromatic N) is 1. The molecule has 0 aromatic rings. The van der Waals surface area contributed by atoms with Crippen LogP contribution in [-0.2, 0) is 0 Å². The molecule has 0 aromatic heterocycles. The third kappa shape index (κ3) is 3.93. The maximum Gasteiger partial charge on any atom is 0.0425 e. The molecule has 0 aliphatic carbocycles. The second-order valence-corrected chi connectivity index (χ2v) is 4.84. The van der Waals surface area contributed by atoms with E-state index in [2.05, 4.69) is 17.1 Å². The molecule has 0 amide bonds. The van der Waals surface area contributed by atoms with E-state index in [1.807, 2.05) is 0 Å². The van der Waals surface area contributed by atoms with Crippen molar-refractivity contribution in [1.29, 1.82) is 0 Å². The molecule has 1 aliphatic rings. The Balaban J connectivity index is 2.12. The molecule has 1 heterocycles. The number of hydrogen-bond acceptors (Lipinski definition) is 2. The van der Waals surface area contributed by atoms with Gasteiger partial charge in [0.05, 0.1) is 0 Å². The van der Waals surface area contributed by atoms with Gasteiger partial charge in [-0.1, -0.05) is 0 Å². The Labute approximate surface area is 96.9 Å². The summed E-state index contributed by atoms with van der Waals surface area (Å²) in [7, 11) is 0. The second-order valence-electron chi connectivity index (χ2n) is 4.30. The lowest BCUT2D eigenvalue weighted by Gasteiger charge is -2.27. The van der Waals surface area contributed by atoms with Gasteiger partial charge in [0.25, 0.3) is 0 Å². The Morgan fingerprint density at radius 1 is 1.21 bits per heavy atom. The maximum atomic E-state index is 5.84. The Morgan fingerprint density at radius 2 is 1.79 bits per heavy atom. The van der Waals surface area contributed by atoms with Gasteiger partial charge in [0.15, 0.2) is 0 Å². The molecule has 4 heteroatoms. The average molecular weight is 239 g/mol. The highest BCUT2D eigenvalue weighted by Gasteiger charge is 2.21. The fourth-order valence-electron chi connectivity index (χ4n) is 1.65. The molecule has 2 nitrogen and oxygen atoms in total. The van der Waals surface area contributed by atoms with Gasteiger partial charge >= 0.3 is 0 Å². The minimum Gasteiger partial charge on any atom is -0.308 e. The van der Waals surface area contributed by atoms with Gasteiger partial charge in [-0.25, -0.2) is 0 Å². The standard InChI is InChI=1S/C10H20Cl2N2/c1-10(8-11,9-12)13-4-7-14-5-2-3-6-14/h13H,2-9H2,1H3. The molecule has 0 bridgehead atoms. The van der Waals surface area contributed by atoms with Crippen molar-refractivity contribution in [2.45, 2.75) is 25.3 Å². The van der Waals surface area contributed by atoms with Crippen LogP contribution in [0.2, 0.25) is 0 Å². The minimum atomic E-state index is -0.108. The first-order chi connectivity index (χ1) is 6.70. The van der Waals surface area contributed by atoms with Crippen LogP contribution < -0.4 is 5.32 Å². The third-order valence-corrected chi connectivity index (χ3v) is 3.95. The van der Waals surface area contributed by atoms with Gasteiger partial charge in [-0.3, -0.25) is 0 Å². The zero-order chi connectivity index (χ0) is 10.4. The topological polar surface area (TPSA) is 15.3 Å². The third-order valence-electron chi connectivity index (χ3n) is 2.77. The Bertz CT molecular complexity index is 154. The van der Waals surface area contributed by atoms with Crippen molar-refractivity contribution in [2.75, 3.05) is 37.9 Å². The van der Waals surface area contributed by atoms with Gasteiger partial charge in [-0.05, 0) is 32.9 Å². The molecule has 1 aliphatic heterocycles. The molecule has 1 N–H and O–H groups in total. The molecular weight excluding hydrogens is 219 g/mol. The number of likely N-dealkylation sites (tertiary alicyclic amines) is 1. The highest BCUT2D eigenvalue weighted by Crippen LogP contribution is 2.09. The quantitative estimate of drug-likeness (QED) is 0.712. The summed E-state index contributed by atoms with van der Waals surface area (Å²) in [5, 5.41) is 3.42. The Morgan fingerprint density at radius 3 is 2.29 bits per heavy atom. The number of alkyl halides is 2. The van der Waals surface area contributed by atoms with E-state index in [1.165, 1.54) is 25.9 Å². The SMILES string of the molecule is CC(CCl)(CCl)NCCN1CCCC1. The molecular formula is C10H20Cl2N2. The molecule has 0 unspecified atom stereocenters. The summed E-state index contributed by atoms with van der Waals surface area (Å²) < 4.78 is 0. The smallest absolute Gasteiger partial charge is 0.0425 e. The zero-order valence-electron chi connectivity index (χ0n) is 8.86. The molecule has 0 radical (unpaired) electrons. The molecule has 1 fully saturated rings. The fraction of sp³-hybridized carbons (Fsp3) is 1.00. The lowest BCUT2D eigenvalue weighted by atomic mass is 10.1. The van der Waals surface area contributed by atoms with Crippen LogP contribution in [0.1, 0.15) is 19.8 Å². The Kier molecular flexibility index (Phi) is 5.53. The van der Waals surface area contributed by atoms with Gasteiger partial charge in [0, 0.05) is 30.4 Å². The van der Waals surface area contributed by atoms with E-state index in [-0.39, 0.29) is 5.54 Å². The zero-order valence-corrected chi connectivity index (χ0v) is 10.4. The molecule has 0 atom stereocenters. The summed E-state index contributed by atoms with van der Waals surface area (Å²) in [5.41, 5.74) is -0.108. The van der Waals surface area contributed by atoms with Crippen molar-refractivity contribution in [3.63, 3.8) is 0 Å². The summed E-state index contributed by atoms with van der Waals surface area (Å²) >= 11 is 11.7. The summed E-state index contributed by atoms with van der Waals surface area (Å²) in [6.07, 6.45) is 2.70. The van der Waals surface area contributed by atoms with Crippen LogP contribution >= 0.6 is 23.2 Å². The summed E-state index contributed by atoms with van der Waals surface area (Å²) in [6.45, 7) is 6.66. The summed E-state index contributed by atoms with van der Waals surface area (Å²) in [6, 6.07) is 0. The van der Waals surface area contributed by atoms with Crippen LogP contribution in [0.4, 0.5) is 0 Å². The minimum absolute atomic E-state index is 0.108. The van der Waals surface area contributed by atoms with E-state index in [1.54, 1.807) is 0 Å². The van der Waals surface area contributed by atoms with Crippen molar-refractivity contribution < 1.29 is 0 Å². The molecule has 84 valence electrons. The average Bonchev–Trinajstić information content (AvgIpc) is 2.70. The lowest BCUT2D eigenvalue weighted by Crippen LogP contribution is -2.48. The highest BCUT2D eigenvalue weighted by atomic mass is 35.5. The van der Waals surface area contributed by atoms with Crippen LogP contribution in [0.15, 0.2) is 0 Å². The lowest BCUT2D eigenvalue weighted by molar-refractivity contribution is 0.314. The van der Waals surface area contributed by atoms with Crippen molar-refractivity contribution in [2.24, 2.45) is 0 Å². The fourth-order valence-corrected chi connectivity index (χ4v) is 2.13. The highest BCUT2D eigenvalue weighted by molar-refractivity contribution is 6.22. The summed E-state index contributed by atoms with van der Waals surface area (Å²) in [4.78, 5) is 2.48. The maximum absolute atomic E-state index is 5.84. The molecule has 1 saturated heterocycles. The predicted molar refractivity (Wildman–Crippen MR) is 63.5 cm³/mol. The van der Waals surface area contributed by atoms with Crippen molar-refractivity contribution in [3.05, 3.63) is 0 Å². The predicted octanol–water partition coefficient (Wildman–Crippen LogP) is 1.91. The van der Waals surface area contributed by atoms with Gasteiger partial charge < -0.3 is 10.2 Å². The van der Waals surface area contributed by atoms with Crippen molar-refractivity contribution >= 4 is 23.2 Å². The summed E-state index contributed by atoms with van der Waals surface area (Å²) in [5.74, 6) is 1.13. The van der Waals surface area contributed by atoms with Gasteiger partial charge in [0.1, 0.15) is 0 Å². The number of rotatable bonds is 6. The van der Waals surface area contributed by atoms with Crippen LogP contribution in [0.5, 0.6) is 0 Å². The van der Waals surface area contributed by atoms with E-state index in [0.717, 1.165) is 13.1 Å². The van der Waals surface area contributed by atoms with E-state index >= 15 is 0 Å². The number of halogens is 2. The van der Waals surface area contributed by atoms with Crippen LogP contribution in [0.3, 0.4) is 0 Å². The first-order valence-electron chi connectivity index (χ1n) is 5.29. The largest absolute Gasteiger partial charge is 0.308 e. The van der Waals surface area contributed by atoms with E-state index < -0.39 is 0 Å². The van der Waals surface area contributed by atoms with E-state index in [0.29, 0.717) is 11.8 Å². The molecule has 0 aromatic carbocycles. The number of hydrogen-bond donors (Lipinski definition) is 1. The van der Waals surface area contributed by atoms with Gasteiger partial charge in [0.2, 0.25) is 0 Å².